The fourth-order valence-corrected chi connectivity index (χ4v) is 2.80. The van der Waals surface area contributed by atoms with E-state index in [1.54, 1.807) is 6.20 Å². The second kappa shape index (κ2) is 5.42. The third-order valence-electron chi connectivity index (χ3n) is 3.81. The monoisotopic (exact) mass is 292 g/mol. The van der Waals surface area contributed by atoms with Gasteiger partial charge in [0.1, 0.15) is 10.8 Å². The molecular weight excluding hydrogens is 276 g/mol. The minimum absolute atomic E-state index is 0.129. The third kappa shape index (κ3) is 2.51. The largest absolute Gasteiger partial charge is 0.340 e. The van der Waals surface area contributed by atoms with E-state index in [2.05, 4.69) is 21.9 Å². The zero-order chi connectivity index (χ0) is 14.1. The molecule has 1 aliphatic rings. The van der Waals surface area contributed by atoms with Crippen molar-refractivity contribution in [1.82, 2.24) is 19.8 Å². The molecule has 1 fully saturated rings. The molecule has 3 rings (SSSR count). The quantitative estimate of drug-likeness (QED) is 0.913. The highest BCUT2D eigenvalue weighted by Gasteiger charge is 2.21. The number of rotatable bonds is 2. The number of carbonyl (C=O) groups is 1. The van der Waals surface area contributed by atoms with Gasteiger partial charge in [-0.1, -0.05) is 11.6 Å². The van der Waals surface area contributed by atoms with Crippen molar-refractivity contribution < 1.29 is 4.79 Å². The van der Waals surface area contributed by atoms with Gasteiger partial charge in [-0.15, -0.1) is 0 Å². The van der Waals surface area contributed by atoms with Crippen LogP contribution in [0.3, 0.4) is 0 Å². The molecule has 1 N–H and O–H groups in total. The van der Waals surface area contributed by atoms with Crippen molar-refractivity contribution in [3.05, 3.63) is 29.0 Å². The lowest BCUT2D eigenvalue weighted by Gasteiger charge is -2.32. The van der Waals surface area contributed by atoms with E-state index in [4.69, 9.17) is 11.6 Å². The highest BCUT2D eigenvalue weighted by molar-refractivity contribution is 6.31. The number of pyridine rings is 1. The first kappa shape index (κ1) is 13.4. The Hall–Kier alpha value is -1.59. The van der Waals surface area contributed by atoms with Crippen molar-refractivity contribution in [2.24, 2.45) is 0 Å². The number of aromatic nitrogens is 2. The van der Waals surface area contributed by atoms with Gasteiger partial charge in [0.15, 0.2) is 0 Å². The van der Waals surface area contributed by atoms with Gasteiger partial charge in [-0.05, 0) is 19.2 Å². The zero-order valence-corrected chi connectivity index (χ0v) is 12.2. The van der Waals surface area contributed by atoms with Gasteiger partial charge >= 0.3 is 0 Å². The standard InChI is InChI=1S/C14H17ClN4O/c1-18-5-7-19(8-6-18)12(20)9-11-10-3-2-4-16-14(10)17-13(11)15/h2-4H,5-9H2,1H3,(H,16,17). The van der Waals surface area contributed by atoms with Crippen LogP contribution in [0.15, 0.2) is 18.3 Å². The minimum atomic E-state index is 0.129. The Bertz CT molecular complexity index is 631. The van der Waals surface area contributed by atoms with E-state index in [0.717, 1.165) is 42.8 Å². The molecule has 0 aromatic carbocycles. The average Bonchev–Trinajstić information content (AvgIpc) is 2.76. The zero-order valence-electron chi connectivity index (χ0n) is 11.4. The number of fused-ring (bicyclic) bond motifs is 1. The maximum atomic E-state index is 12.4. The van der Waals surface area contributed by atoms with E-state index in [-0.39, 0.29) is 5.91 Å². The number of nitrogens with zero attached hydrogens (tertiary/aromatic N) is 3. The predicted octanol–water partition coefficient (Wildman–Crippen LogP) is 1.53. The second-order valence-corrected chi connectivity index (χ2v) is 5.56. The van der Waals surface area contributed by atoms with Crippen LogP contribution in [-0.2, 0) is 11.2 Å². The topological polar surface area (TPSA) is 52.2 Å². The summed E-state index contributed by atoms with van der Waals surface area (Å²) in [5.41, 5.74) is 1.58. The van der Waals surface area contributed by atoms with Crippen LogP contribution in [0.25, 0.3) is 11.0 Å². The van der Waals surface area contributed by atoms with Gasteiger partial charge in [0.05, 0.1) is 6.42 Å². The SMILES string of the molecule is CN1CCN(C(=O)Cc2c(Cl)[nH]c3ncccc23)CC1. The molecule has 1 aliphatic heterocycles. The van der Waals surface area contributed by atoms with Crippen molar-refractivity contribution in [2.75, 3.05) is 33.2 Å². The maximum absolute atomic E-state index is 12.4. The van der Waals surface area contributed by atoms with Gasteiger partial charge in [-0.25, -0.2) is 4.98 Å². The van der Waals surface area contributed by atoms with Crippen LogP contribution in [0.2, 0.25) is 5.15 Å². The van der Waals surface area contributed by atoms with E-state index in [9.17, 15) is 4.79 Å². The Morgan fingerprint density at radius 3 is 2.90 bits per heavy atom. The summed E-state index contributed by atoms with van der Waals surface area (Å²) in [7, 11) is 2.07. The van der Waals surface area contributed by atoms with Crippen molar-refractivity contribution in [2.45, 2.75) is 6.42 Å². The summed E-state index contributed by atoms with van der Waals surface area (Å²) in [4.78, 5) is 23.8. The number of carbonyl (C=O) groups excluding carboxylic acids is 1. The number of amides is 1. The molecule has 6 heteroatoms. The van der Waals surface area contributed by atoms with Crippen molar-refractivity contribution >= 4 is 28.5 Å². The molecule has 0 spiro atoms. The number of nitrogens with one attached hydrogen (secondary N) is 1. The average molecular weight is 293 g/mol. The number of piperazine rings is 1. The molecule has 3 heterocycles. The first-order chi connectivity index (χ1) is 9.65. The lowest BCUT2D eigenvalue weighted by atomic mass is 10.1. The molecule has 0 bridgehead atoms. The van der Waals surface area contributed by atoms with Crippen LogP contribution in [0, 0.1) is 0 Å². The molecule has 20 heavy (non-hydrogen) atoms. The van der Waals surface area contributed by atoms with E-state index in [1.807, 2.05) is 17.0 Å². The molecule has 2 aromatic rings. The predicted molar refractivity (Wildman–Crippen MR) is 78.9 cm³/mol. The summed E-state index contributed by atoms with van der Waals surface area (Å²) in [6, 6.07) is 3.80. The van der Waals surface area contributed by atoms with Crippen LogP contribution in [-0.4, -0.2) is 58.9 Å². The fourth-order valence-electron chi connectivity index (χ4n) is 2.54. The van der Waals surface area contributed by atoms with E-state index < -0.39 is 0 Å². The maximum Gasteiger partial charge on any atom is 0.227 e. The molecule has 1 saturated heterocycles. The van der Waals surface area contributed by atoms with Crippen LogP contribution in [0.5, 0.6) is 0 Å². The minimum Gasteiger partial charge on any atom is -0.340 e. The van der Waals surface area contributed by atoms with E-state index in [1.165, 1.54) is 0 Å². The van der Waals surface area contributed by atoms with Gasteiger partial charge in [0.2, 0.25) is 5.91 Å². The van der Waals surface area contributed by atoms with Gasteiger partial charge in [0, 0.05) is 43.3 Å². The lowest BCUT2D eigenvalue weighted by Crippen LogP contribution is -2.47. The Kier molecular flexibility index (Phi) is 3.63. The van der Waals surface area contributed by atoms with Gasteiger partial charge < -0.3 is 14.8 Å². The highest BCUT2D eigenvalue weighted by atomic mass is 35.5. The first-order valence-corrected chi connectivity index (χ1v) is 7.10. The summed E-state index contributed by atoms with van der Waals surface area (Å²) in [6.07, 6.45) is 2.04. The molecule has 0 saturated carbocycles. The molecule has 0 aliphatic carbocycles. The van der Waals surface area contributed by atoms with Crippen molar-refractivity contribution in [1.29, 1.82) is 0 Å². The van der Waals surface area contributed by atoms with Gasteiger partial charge in [-0.3, -0.25) is 4.79 Å². The van der Waals surface area contributed by atoms with Gasteiger partial charge in [-0.2, -0.15) is 0 Å². The molecular formula is C14H17ClN4O. The normalized spacial score (nSPS) is 16.8. The Labute approximate surface area is 122 Å². The molecule has 0 atom stereocenters. The first-order valence-electron chi connectivity index (χ1n) is 6.72. The van der Waals surface area contributed by atoms with Crippen LogP contribution >= 0.6 is 11.6 Å². The fraction of sp³-hybridized carbons (Fsp3) is 0.429. The summed E-state index contributed by atoms with van der Waals surface area (Å²) < 4.78 is 0. The Morgan fingerprint density at radius 2 is 2.15 bits per heavy atom. The number of likely N-dealkylation sites (N-methyl/N-ethyl adjacent to an activating group) is 1. The second-order valence-electron chi connectivity index (χ2n) is 5.18. The number of hydrogen-bond donors (Lipinski definition) is 1. The molecule has 0 unspecified atom stereocenters. The van der Waals surface area contributed by atoms with Crippen LogP contribution in [0.1, 0.15) is 5.56 Å². The highest BCUT2D eigenvalue weighted by Crippen LogP contribution is 2.25. The Morgan fingerprint density at radius 1 is 1.40 bits per heavy atom. The smallest absolute Gasteiger partial charge is 0.227 e. The summed E-state index contributed by atoms with van der Waals surface area (Å²) in [5, 5.41) is 1.45. The molecule has 2 aromatic heterocycles. The van der Waals surface area contributed by atoms with Crippen LogP contribution < -0.4 is 0 Å². The summed E-state index contributed by atoms with van der Waals surface area (Å²) >= 11 is 6.20. The lowest BCUT2D eigenvalue weighted by molar-refractivity contribution is -0.132. The summed E-state index contributed by atoms with van der Waals surface area (Å²) in [5.74, 6) is 0.129. The number of H-pyrrole nitrogens is 1. The summed E-state index contributed by atoms with van der Waals surface area (Å²) in [6.45, 7) is 3.42. The number of aromatic amines is 1. The van der Waals surface area contributed by atoms with E-state index in [0.29, 0.717) is 11.6 Å². The van der Waals surface area contributed by atoms with Gasteiger partial charge in [0.25, 0.3) is 0 Å². The Balaban J connectivity index is 1.79. The van der Waals surface area contributed by atoms with Crippen molar-refractivity contribution in [3.63, 3.8) is 0 Å². The van der Waals surface area contributed by atoms with Crippen LogP contribution in [0.4, 0.5) is 0 Å². The number of halogens is 1. The third-order valence-corrected chi connectivity index (χ3v) is 4.13. The molecule has 1 amide bonds. The van der Waals surface area contributed by atoms with E-state index >= 15 is 0 Å². The molecule has 0 radical (unpaired) electrons. The number of hydrogen-bond acceptors (Lipinski definition) is 3. The van der Waals surface area contributed by atoms with Crippen molar-refractivity contribution in [3.8, 4) is 0 Å². The molecule has 106 valence electrons. The molecule has 5 nitrogen and oxygen atoms in total.